The number of hydrogen-bond acceptors (Lipinski definition) is 4. The smallest absolute Gasteiger partial charge is 0.308 e. The number of halogens is 1. The van der Waals surface area contributed by atoms with Gasteiger partial charge in [0, 0.05) is 37.9 Å². The molecule has 0 saturated carbocycles. The Labute approximate surface area is 147 Å². The molecule has 0 amide bonds. The van der Waals surface area contributed by atoms with Crippen molar-refractivity contribution in [2.75, 3.05) is 27.2 Å². The Morgan fingerprint density at radius 1 is 1.55 bits per heavy atom. The van der Waals surface area contributed by atoms with Gasteiger partial charge in [-0.15, -0.1) is 24.0 Å². The van der Waals surface area contributed by atoms with Crippen LogP contribution in [0.2, 0.25) is 0 Å². The summed E-state index contributed by atoms with van der Waals surface area (Å²) in [6.07, 6.45) is 3.43. The first-order valence-electron chi connectivity index (χ1n) is 7.18. The van der Waals surface area contributed by atoms with Gasteiger partial charge in [0.25, 0.3) is 0 Å². The topological polar surface area (TPSA) is 82.6 Å². The van der Waals surface area contributed by atoms with Crippen molar-refractivity contribution in [2.24, 2.45) is 10.9 Å². The quantitative estimate of drug-likeness (QED) is 0.333. The van der Waals surface area contributed by atoms with E-state index in [1.165, 1.54) is 7.11 Å². The lowest BCUT2D eigenvalue weighted by Gasteiger charge is -2.33. The number of piperidine rings is 1. The molecule has 1 aromatic rings. The van der Waals surface area contributed by atoms with Gasteiger partial charge in [-0.2, -0.15) is 5.10 Å². The van der Waals surface area contributed by atoms with Crippen LogP contribution < -0.4 is 5.32 Å². The summed E-state index contributed by atoms with van der Waals surface area (Å²) >= 11 is 0. The van der Waals surface area contributed by atoms with E-state index in [2.05, 4.69) is 25.4 Å². The van der Waals surface area contributed by atoms with Crippen LogP contribution in [0.15, 0.2) is 11.2 Å². The maximum absolute atomic E-state index is 11.5. The van der Waals surface area contributed by atoms with E-state index in [1.54, 1.807) is 7.05 Å². The minimum atomic E-state index is -0.105. The number of aliphatic imine (C=N–C) groups is 1. The molecule has 0 atom stereocenters. The Kier molecular flexibility index (Phi) is 7.63. The molecule has 0 spiro atoms. The lowest BCUT2D eigenvalue weighted by molar-refractivity contribution is -0.146. The molecule has 2 N–H and O–H groups in total. The zero-order valence-electron chi connectivity index (χ0n) is 13.3. The minimum Gasteiger partial charge on any atom is -0.469 e. The third-order valence-electron chi connectivity index (χ3n) is 3.91. The number of aryl methyl sites for hydroxylation is 1. The summed E-state index contributed by atoms with van der Waals surface area (Å²) in [7, 11) is 3.22. The summed E-state index contributed by atoms with van der Waals surface area (Å²) in [6, 6.07) is 0. The number of carbonyl (C=O) groups excluding carboxylic acids is 1. The Morgan fingerprint density at radius 2 is 2.23 bits per heavy atom. The first-order valence-corrected chi connectivity index (χ1v) is 7.18. The van der Waals surface area contributed by atoms with Crippen LogP contribution in [0.5, 0.6) is 0 Å². The van der Waals surface area contributed by atoms with Gasteiger partial charge in [-0.3, -0.25) is 14.9 Å². The molecule has 0 aromatic carbocycles. The van der Waals surface area contributed by atoms with Gasteiger partial charge in [0.15, 0.2) is 5.96 Å². The minimum absolute atomic E-state index is 0. The van der Waals surface area contributed by atoms with Gasteiger partial charge in [-0.05, 0) is 19.8 Å². The number of nitrogens with zero attached hydrogens (tertiary/aromatic N) is 3. The zero-order chi connectivity index (χ0) is 15.2. The van der Waals surface area contributed by atoms with Crippen LogP contribution in [0, 0.1) is 12.8 Å². The van der Waals surface area contributed by atoms with Crippen molar-refractivity contribution in [2.45, 2.75) is 26.3 Å². The Morgan fingerprint density at radius 3 is 2.73 bits per heavy atom. The molecule has 124 valence electrons. The molecule has 7 nitrogen and oxygen atoms in total. The molecule has 1 fully saturated rings. The number of H-pyrrole nitrogens is 1. The van der Waals surface area contributed by atoms with Crippen molar-refractivity contribution in [1.29, 1.82) is 0 Å². The van der Waals surface area contributed by atoms with Gasteiger partial charge >= 0.3 is 5.97 Å². The van der Waals surface area contributed by atoms with Crippen molar-refractivity contribution >= 4 is 35.9 Å². The summed E-state index contributed by atoms with van der Waals surface area (Å²) in [5.41, 5.74) is 2.18. The summed E-state index contributed by atoms with van der Waals surface area (Å²) in [5, 5.41) is 10.3. The number of methoxy groups -OCH3 is 1. The second kappa shape index (κ2) is 8.96. The number of rotatable bonds is 3. The number of likely N-dealkylation sites (tertiary alicyclic amines) is 1. The normalized spacial score (nSPS) is 16.1. The zero-order valence-corrected chi connectivity index (χ0v) is 15.6. The van der Waals surface area contributed by atoms with Crippen LogP contribution in [0.1, 0.15) is 24.1 Å². The van der Waals surface area contributed by atoms with Gasteiger partial charge in [0.2, 0.25) is 0 Å². The van der Waals surface area contributed by atoms with Gasteiger partial charge < -0.3 is 15.0 Å². The van der Waals surface area contributed by atoms with Crippen molar-refractivity contribution in [1.82, 2.24) is 20.4 Å². The Hall–Kier alpha value is -1.32. The predicted octanol–water partition coefficient (Wildman–Crippen LogP) is 1.30. The van der Waals surface area contributed by atoms with E-state index >= 15 is 0 Å². The fourth-order valence-corrected chi connectivity index (χ4v) is 2.55. The van der Waals surface area contributed by atoms with E-state index in [4.69, 9.17) is 4.74 Å². The van der Waals surface area contributed by atoms with Crippen LogP contribution in [0.25, 0.3) is 0 Å². The summed E-state index contributed by atoms with van der Waals surface area (Å²) < 4.78 is 4.81. The third-order valence-corrected chi connectivity index (χ3v) is 3.91. The number of carbonyl (C=O) groups is 1. The molecule has 1 aliphatic rings. The highest BCUT2D eigenvalue weighted by Gasteiger charge is 2.26. The highest BCUT2D eigenvalue weighted by Crippen LogP contribution is 2.18. The van der Waals surface area contributed by atoms with Gasteiger partial charge in [0.1, 0.15) is 0 Å². The molecule has 22 heavy (non-hydrogen) atoms. The Balaban J connectivity index is 0.00000242. The average Bonchev–Trinajstić information content (AvgIpc) is 2.93. The summed E-state index contributed by atoms with van der Waals surface area (Å²) in [5.74, 6) is 0.769. The number of nitrogens with one attached hydrogen (secondary N) is 2. The number of hydrogen-bond donors (Lipinski definition) is 2. The fraction of sp³-hybridized carbons (Fsp3) is 0.643. The standard InChI is InChI=1S/C14H23N5O2.HI/c1-10-12(9-17-18-10)8-16-14(15-2)19-6-4-11(5-7-19)13(20)21-3;/h9,11H,4-8H2,1-3H3,(H,15,16)(H,17,18);1H. The van der Waals surface area contributed by atoms with Gasteiger partial charge in [0.05, 0.1) is 19.2 Å². The second-order valence-corrected chi connectivity index (χ2v) is 5.21. The average molecular weight is 421 g/mol. The molecule has 2 rings (SSSR count). The van der Waals surface area contributed by atoms with Gasteiger partial charge in [-0.1, -0.05) is 0 Å². The largest absolute Gasteiger partial charge is 0.469 e. The lowest BCUT2D eigenvalue weighted by atomic mass is 9.97. The van der Waals surface area contributed by atoms with E-state index < -0.39 is 0 Å². The predicted molar refractivity (Wildman–Crippen MR) is 95.3 cm³/mol. The molecular weight excluding hydrogens is 397 g/mol. The number of aromatic amines is 1. The van der Waals surface area contributed by atoms with E-state index in [1.807, 2.05) is 13.1 Å². The van der Waals surface area contributed by atoms with Gasteiger partial charge in [-0.25, -0.2) is 0 Å². The highest BCUT2D eigenvalue weighted by molar-refractivity contribution is 14.0. The van der Waals surface area contributed by atoms with Crippen molar-refractivity contribution in [3.8, 4) is 0 Å². The third kappa shape index (κ3) is 4.59. The van der Waals surface area contributed by atoms with Crippen molar-refractivity contribution in [3.63, 3.8) is 0 Å². The van der Waals surface area contributed by atoms with Crippen LogP contribution in [0.3, 0.4) is 0 Å². The molecule has 0 radical (unpaired) electrons. The highest BCUT2D eigenvalue weighted by atomic mass is 127. The molecule has 1 aromatic heterocycles. The molecular formula is C14H24IN5O2. The monoisotopic (exact) mass is 421 g/mol. The summed E-state index contributed by atoms with van der Waals surface area (Å²) in [4.78, 5) is 18.0. The molecule has 0 bridgehead atoms. The SMILES string of the molecule is CN=C(NCc1cn[nH]c1C)N1CCC(C(=O)OC)CC1.I. The Bertz CT molecular complexity index is 509. The second-order valence-electron chi connectivity index (χ2n) is 5.21. The number of aromatic nitrogens is 2. The maximum Gasteiger partial charge on any atom is 0.308 e. The summed E-state index contributed by atoms with van der Waals surface area (Å²) in [6.45, 7) is 4.30. The van der Waals surface area contributed by atoms with Crippen LogP contribution in [-0.4, -0.2) is 54.3 Å². The molecule has 2 heterocycles. The number of esters is 1. The van der Waals surface area contributed by atoms with Crippen LogP contribution >= 0.6 is 24.0 Å². The molecule has 8 heteroatoms. The van der Waals surface area contributed by atoms with E-state index in [9.17, 15) is 4.79 Å². The van der Waals surface area contributed by atoms with E-state index in [-0.39, 0.29) is 35.9 Å². The molecule has 0 aliphatic carbocycles. The van der Waals surface area contributed by atoms with Crippen LogP contribution in [-0.2, 0) is 16.1 Å². The molecule has 1 aliphatic heterocycles. The fourth-order valence-electron chi connectivity index (χ4n) is 2.55. The lowest BCUT2D eigenvalue weighted by Crippen LogP contribution is -2.46. The maximum atomic E-state index is 11.5. The number of guanidine groups is 1. The van der Waals surface area contributed by atoms with Crippen LogP contribution in [0.4, 0.5) is 0 Å². The first-order chi connectivity index (χ1) is 10.2. The molecule has 1 saturated heterocycles. The van der Waals surface area contributed by atoms with E-state index in [0.29, 0.717) is 6.54 Å². The number of ether oxygens (including phenoxy) is 1. The molecule has 0 unspecified atom stereocenters. The van der Waals surface area contributed by atoms with E-state index in [0.717, 1.165) is 43.1 Å². The van der Waals surface area contributed by atoms with Crippen molar-refractivity contribution in [3.05, 3.63) is 17.5 Å². The van der Waals surface area contributed by atoms with Crippen molar-refractivity contribution < 1.29 is 9.53 Å². The first kappa shape index (κ1) is 18.7.